The van der Waals surface area contributed by atoms with E-state index < -0.39 is 5.97 Å². The minimum Gasteiger partial charge on any atom is -0.454 e. The quantitative estimate of drug-likeness (QED) is 0.298. The van der Waals surface area contributed by atoms with Gasteiger partial charge in [-0.05, 0) is 73.4 Å². The molecule has 3 aromatic carbocycles. The van der Waals surface area contributed by atoms with Crippen LogP contribution in [0.2, 0.25) is 0 Å². The molecule has 0 saturated heterocycles. The summed E-state index contributed by atoms with van der Waals surface area (Å²) in [6.07, 6.45) is 4.08. The Hall–Kier alpha value is -4.59. The number of carbonyl (C=O) groups excluding carboxylic acids is 2. The van der Waals surface area contributed by atoms with E-state index in [4.69, 9.17) is 19.3 Å². The van der Waals surface area contributed by atoms with Crippen LogP contribution in [0.5, 0.6) is 17.4 Å². The first-order valence-electron chi connectivity index (χ1n) is 13.2. The molecule has 8 nitrogen and oxygen atoms in total. The number of esters is 1. The SMILES string of the molecule is CC(=O)Oc1c(-c2ccc(NC(=O)C3CCCC3)cc2)c(-c2ccc3c(c2)OCO3)nn1-c1cccc(C)c1. The number of aryl methyl sites for hydroxylation is 1. The van der Waals surface area contributed by atoms with Gasteiger partial charge in [0.2, 0.25) is 18.6 Å². The lowest BCUT2D eigenvalue weighted by Gasteiger charge is -2.12. The van der Waals surface area contributed by atoms with Gasteiger partial charge in [0.1, 0.15) is 5.69 Å². The minimum absolute atomic E-state index is 0.0640. The van der Waals surface area contributed by atoms with Gasteiger partial charge in [0.15, 0.2) is 11.5 Å². The molecule has 1 saturated carbocycles. The Balaban J connectivity index is 1.47. The van der Waals surface area contributed by atoms with E-state index in [9.17, 15) is 9.59 Å². The van der Waals surface area contributed by atoms with Crippen molar-refractivity contribution in [1.29, 1.82) is 0 Å². The lowest BCUT2D eigenvalue weighted by Crippen LogP contribution is -2.20. The number of fused-ring (bicyclic) bond motifs is 1. The van der Waals surface area contributed by atoms with Gasteiger partial charge >= 0.3 is 5.97 Å². The van der Waals surface area contributed by atoms with Crippen molar-refractivity contribution < 1.29 is 23.8 Å². The molecule has 0 radical (unpaired) electrons. The molecule has 1 aliphatic carbocycles. The van der Waals surface area contributed by atoms with Crippen LogP contribution in [0.1, 0.15) is 38.2 Å². The smallest absolute Gasteiger partial charge is 0.309 e. The third-order valence-corrected chi connectivity index (χ3v) is 7.14. The first-order valence-corrected chi connectivity index (χ1v) is 13.2. The average Bonchev–Trinajstić information content (AvgIpc) is 3.69. The van der Waals surface area contributed by atoms with Gasteiger partial charge in [0.05, 0.1) is 11.3 Å². The topological polar surface area (TPSA) is 91.7 Å². The first kappa shape index (κ1) is 24.7. The van der Waals surface area contributed by atoms with Crippen LogP contribution in [0.4, 0.5) is 5.69 Å². The molecule has 2 heterocycles. The van der Waals surface area contributed by atoms with Crippen molar-refractivity contribution in [3.8, 4) is 45.5 Å². The van der Waals surface area contributed by atoms with Gasteiger partial charge in [-0.25, -0.2) is 0 Å². The van der Waals surface area contributed by atoms with Gasteiger partial charge in [0, 0.05) is 24.1 Å². The molecule has 6 rings (SSSR count). The summed E-state index contributed by atoms with van der Waals surface area (Å²) in [5.41, 5.74) is 5.38. The number of aromatic nitrogens is 2. The predicted octanol–water partition coefficient (Wildman–Crippen LogP) is 6.30. The summed E-state index contributed by atoms with van der Waals surface area (Å²) in [6.45, 7) is 3.53. The third kappa shape index (κ3) is 4.97. The van der Waals surface area contributed by atoms with E-state index in [0.717, 1.165) is 53.7 Å². The Morgan fingerprint density at radius 3 is 2.44 bits per heavy atom. The van der Waals surface area contributed by atoms with Crippen LogP contribution in [0.25, 0.3) is 28.1 Å². The van der Waals surface area contributed by atoms with Crippen molar-refractivity contribution in [2.75, 3.05) is 12.1 Å². The zero-order chi connectivity index (χ0) is 26.9. The van der Waals surface area contributed by atoms with Gasteiger partial charge in [-0.2, -0.15) is 9.78 Å². The molecule has 2 aliphatic rings. The number of nitrogens with one attached hydrogen (secondary N) is 1. The van der Waals surface area contributed by atoms with E-state index in [0.29, 0.717) is 28.6 Å². The van der Waals surface area contributed by atoms with Crippen LogP contribution < -0.4 is 19.5 Å². The summed E-state index contributed by atoms with van der Waals surface area (Å²) >= 11 is 0. The molecule has 1 aliphatic heterocycles. The number of rotatable bonds is 6. The monoisotopic (exact) mass is 523 g/mol. The van der Waals surface area contributed by atoms with E-state index in [1.54, 1.807) is 4.68 Å². The van der Waals surface area contributed by atoms with Gasteiger partial charge in [-0.3, -0.25) is 9.59 Å². The summed E-state index contributed by atoms with van der Waals surface area (Å²) in [7, 11) is 0. The molecule has 0 atom stereocenters. The van der Waals surface area contributed by atoms with Gasteiger partial charge in [0.25, 0.3) is 0 Å². The maximum Gasteiger partial charge on any atom is 0.309 e. The maximum atomic E-state index is 12.7. The van der Waals surface area contributed by atoms with E-state index in [1.807, 2.05) is 73.7 Å². The van der Waals surface area contributed by atoms with Crippen molar-refractivity contribution in [2.45, 2.75) is 39.5 Å². The second kappa shape index (κ2) is 10.3. The maximum absolute atomic E-state index is 12.7. The number of anilines is 1. The molecule has 198 valence electrons. The van der Waals surface area contributed by atoms with Gasteiger partial charge in [-0.15, -0.1) is 0 Å². The first-order chi connectivity index (χ1) is 19.0. The van der Waals surface area contributed by atoms with Crippen molar-refractivity contribution in [3.05, 3.63) is 72.3 Å². The normalized spacial score (nSPS) is 14.4. The van der Waals surface area contributed by atoms with Crippen molar-refractivity contribution in [3.63, 3.8) is 0 Å². The fourth-order valence-corrected chi connectivity index (χ4v) is 5.23. The molecule has 4 aromatic rings. The highest BCUT2D eigenvalue weighted by molar-refractivity contribution is 5.93. The molecule has 39 heavy (non-hydrogen) atoms. The zero-order valence-corrected chi connectivity index (χ0v) is 21.9. The van der Waals surface area contributed by atoms with Gasteiger partial charge < -0.3 is 19.5 Å². The fraction of sp³-hybridized carbons (Fsp3) is 0.258. The van der Waals surface area contributed by atoms with Crippen LogP contribution in [-0.2, 0) is 9.59 Å². The average molecular weight is 524 g/mol. The number of amides is 1. The Labute approximate surface area is 226 Å². The fourth-order valence-electron chi connectivity index (χ4n) is 5.23. The highest BCUT2D eigenvalue weighted by Gasteiger charge is 2.27. The van der Waals surface area contributed by atoms with Crippen LogP contribution in [0.15, 0.2) is 66.7 Å². The Kier molecular flexibility index (Phi) is 6.52. The molecular formula is C31H29N3O5. The molecule has 0 unspecified atom stereocenters. The number of carbonyl (C=O) groups is 2. The zero-order valence-electron chi connectivity index (χ0n) is 21.9. The van der Waals surface area contributed by atoms with Crippen LogP contribution in [0.3, 0.4) is 0 Å². The van der Waals surface area contributed by atoms with Crippen LogP contribution in [0, 0.1) is 12.8 Å². The van der Waals surface area contributed by atoms with E-state index in [1.165, 1.54) is 6.92 Å². The molecule has 1 fully saturated rings. The highest BCUT2D eigenvalue weighted by Crippen LogP contribution is 2.44. The lowest BCUT2D eigenvalue weighted by molar-refractivity contribution is -0.132. The molecule has 0 spiro atoms. The van der Waals surface area contributed by atoms with E-state index in [2.05, 4.69) is 5.32 Å². The van der Waals surface area contributed by atoms with Crippen molar-refractivity contribution in [2.24, 2.45) is 5.92 Å². The summed E-state index contributed by atoms with van der Waals surface area (Å²) in [5, 5.41) is 7.99. The summed E-state index contributed by atoms with van der Waals surface area (Å²) < 4.78 is 18.6. The number of hydrogen-bond donors (Lipinski definition) is 1. The Bertz CT molecular complexity index is 1550. The molecule has 1 aromatic heterocycles. The minimum atomic E-state index is -0.456. The van der Waals surface area contributed by atoms with Crippen molar-refractivity contribution >= 4 is 17.6 Å². The van der Waals surface area contributed by atoms with E-state index in [-0.39, 0.29) is 18.6 Å². The number of nitrogens with zero attached hydrogens (tertiary/aromatic N) is 2. The van der Waals surface area contributed by atoms with E-state index >= 15 is 0 Å². The number of hydrogen-bond acceptors (Lipinski definition) is 6. The standard InChI is InChI=1S/C31H29N3O5/c1-19-6-5-9-25(16-19)34-31(39-20(2)35)28(29(33-34)23-12-15-26-27(17-23)38-18-37-26)21-10-13-24(14-11-21)32-30(36)22-7-3-4-8-22/h5-6,9-17,22H,3-4,7-8,18H2,1-2H3,(H,32,36). The summed E-state index contributed by atoms with van der Waals surface area (Å²) in [6, 6.07) is 21.0. The summed E-state index contributed by atoms with van der Waals surface area (Å²) in [4.78, 5) is 25.0. The van der Waals surface area contributed by atoms with Crippen LogP contribution >= 0.6 is 0 Å². The van der Waals surface area contributed by atoms with Gasteiger partial charge in [-0.1, -0.05) is 37.1 Å². The molecule has 8 heteroatoms. The molecule has 1 amide bonds. The molecular weight excluding hydrogens is 494 g/mol. The molecule has 1 N–H and O–H groups in total. The number of ether oxygens (including phenoxy) is 3. The summed E-state index contributed by atoms with van der Waals surface area (Å²) in [5.74, 6) is 1.29. The Morgan fingerprint density at radius 2 is 1.69 bits per heavy atom. The lowest BCUT2D eigenvalue weighted by atomic mass is 10.0. The van der Waals surface area contributed by atoms with Crippen LogP contribution in [-0.4, -0.2) is 28.4 Å². The Morgan fingerprint density at radius 1 is 0.949 bits per heavy atom. The largest absolute Gasteiger partial charge is 0.454 e. The highest BCUT2D eigenvalue weighted by atomic mass is 16.7. The number of benzene rings is 3. The second-order valence-electron chi connectivity index (χ2n) is 9.99. The van der Waals surface area contributed by atoms with Crippen molar-refractivity contribution in [1.82, 2.24) is 9.78 Å². The predicted molar refractivity (Wildman–Crippen MR) is 147 cm³/mol. The third-order valence-electron chi connectivity index (χ3n) is 7.14. The second-order valence-corrected chi connectivity index (χ2v) is 9.99. The molecule has 0 bridgehead atoms.